The maximum atomic E-state index is 12.9. The molecule has 2 aromatic heterocycles. The van der Waals surface area contributed by atoms with Gasteiger partial charge in [-0.2, -0.15) is 4.52 Å². The van der Waals surface area contributed by atoms with Gasteiger partial charge in [-0.1, -0.05) is 41.7 Å². The zero-order valence-electron chi connectivity index (χ0n) is 12.6. The average molecular weight is 351 g/mol. The number of nitrogens with two attached hydrogens (primary N) is 1. The number of aryl methyl sites for hydroxylation is 1. The van der Waals surface area contributed by atoms with Crippen molar-refractivity contribution < 1.29 is 4.39 Å². The van der Waals surface area contributed by atoms with Crippen LogP contribution in [0.5, 0.6) is 0 Å². The normalized spacial score (nSPS) is 11.4. The highest BCUT2D eigenvalue weighted by atomic mass is 32.2. The highest BCUT2D eigenvalue weighted by Gasteiger charge is 2.12. The van der Waals surface area contributed by atoms with Crippen LogP contribution in [0.1, 0.15) is 30.7 Å². The number of hydrogen-bond donors (Lipinski definition) is 1. The van der Waals surface area contributed by atoms with Crippen molar-refractivity contribution >= 4 is 28.1 Å². The maximum absolute atomic E-state index is 12.9. The Labute approximate surface area is 142 Å². The third-order valence-electron chi connectivity index (χ3n) is 3.42. The summed E-state index contributed by atoms with van der Waals surface area (Å²) in [5.41, 5.74) is 6.58. The van der Waals surface area contributed by atoms with Gasteiger partial charge in [-0.05, 0) is 37.1 Å². The molecule has 0 saturated carbocycles. The van der Waals surface area contributed by atoms with Crippen LogP contribution in [0, 0.1) is 5.82 Å². The van der Waals surface area contributed by atoms with Crippen molar-refractivity contribution in [2.45, 2.75) is 35.8 Å². The highest BCUT2D eigenvalue weighted by molar-refractivity contribution is 8.00. The van der Waals surface area contributed by atoms with Crippen molar-refractivity contribution in [2.75, 3.05) is 6.54 Å². The zero-order chi connectivity index (χ0) is 16.1. The molecular weight excluding hydrogens is 333 g/mol. The standard InChI is InChI=1S/C15H18FN5S2/c16-12-7-5-11(6-8-12)10-22-15-20-21-13(4-2-1-3-9-17)18-19-14(21)23-15/h5-8H,1-4,9-10,17H2. The van der Waals surface area contributed by atoms with Crippen LogP contribution in [0.15, 0.2) is 28.6 Å². The van der Waals surface area contributed by atoms with E-state index in [1.807, 2.05) is 4.52 Å². The summed E-state index contributed by atoms with van der Waals surface area (Å²) < 4.78 is 15.7. The number of unbranched alkanes of at least 4 members (excludes halogenated alkanes) is 2. The second kappa shape index (κ2) is 7.85. The molecule has 0 atom stereocenters. The Morgan fingerprint density at radius 1 is 1.13 bits per heavy atom. The van der Waals surface area contributed by atoms with E-state index in [0.29, 0.717) is 0 Å². The van der Waals surface area contributed by atoms with Crippen molar-refractivity contribution in [3.8, 4) is 0 Å². The molecule has 2 N–H and O–H groups in total. The Balaban J connectivity index is 1.61. The van der Waals surface area contributed by atoms with Crippen molar-refractivity contribution in [2.24, 2.45) is 5.73 Å². The molecule has 0 aliphatic heterocycles. The first-order valence-corrected chi connectivity index (χ1v) is 9.35. The maximum Gasteiger partial charge on any atom is 0.235 e. The second-order valence-corrected chi connectivity index (χ2v) is 7.37. The quantitative estimate of drug-likeness (QED) is 0.498. The van der Waals surface area contributed by atoms with Gasteiger partial charge >= 0.3 is 0 Å². The molecule has 0 fully saturated rings. The SMILES string of the molecule is NCCCCCc1nnc2sc(SCc3ccc(F)cc3)nn12. The van der Waals surface area contributed by atoms with Crippen LogP contribution >= 0.6 is 23.1 Å². The van der Waals surface area contributed by atoms with E-state index in [1.165, 1.54) is 23.5 Å². The molecule has 122 valence electrons. The van der Waals surface area contributed by atoms with Crippen molar-refractivity contribution in [3.63, 3.8) is 0 Å². The molecule has 0 saturated heterocycles. The first kappa shape index (κ1) is 16.4. The van der Waals surface area contributed by atoms with Gasteiger partial charge in [0.1, 0.15) is 5.82 Å². The fourth-order valence-corrected chi connectivity index (χ4v) is 4.04. The van der Waals surface area contributed by atoms with Gasteiger partial charge < -0.3 is 5.73 Å². The van der Waals surface area contributed by atoms with E-state index in [2.05, 4.69) is 15.3 Å². The van der Waals surface area contributed by atoms with E-state index in [1.54, 1.807) is 23.9 Å². The molecule has 0 radical (unpaired) electrons. The van der Waals surface area contributed by atoms with Gasteiger partial charge in [0, 0.05) is 12.2 Å². The molecule has 3 aromatic rings. The molecule has 0 aliphatic carbocycles. The lowest BCUT2D eigenvalue weighted by atomic mass is 10.2. The number of hydrogen-bond acceptors (Lipinski definition) is 6. The third-order valence-corrected chi connectivity index (χ3v) is 5.52. The lowest BCUT2D eigenvalue weighted by molar-refractivity contribution is 0.627. The molecule has 0 spiro atoms. The van der Waals surface area contributed by atoms with Crippen LogP contribution in [-0.4, -0.2) is 26.4 Å². The van der Waals surface area contributed by atoms with Crippen LogP contribution in [0.3, 0.4) is 0 Å². The molecule has 0 aliphatic rings. The van der Waals surface area contributed by atoms with Crippen molar-refractivity contribution in [1.82, 2.24) is 19.8 Å². The van der Waals surface area contributed by atoms with Crippen molar-refractivity contribution in [3.05, 3.63) is 41.5 Å². The molecular formula is C15H18FN5S2. The summed E-state index contributed by atoms with van der Waals surface area (Å²) >= 11 is 3.16. The molecule has 23 heavy (non-hydrogen) atoms. The smallest absolute Gasteiger partial charge is 0.235 e. The molecule has 1 aromatic carbocycles. The van der Waals surface area contributed by atoms with E-state index in [9.17, 15) is 4.39 Å². The number of aromatic nitrogens is 4. The highest BCUT2D eigenvalue weighted by Crippen LogP contribution is 2.27. The average Bonchev–Trinajstić information content (AvgIpc) is 3.12. The minimum absolute atomic E-state index is 0.211. The Morgan fingerprint density at radius 2 is 1.96 bits per heavy atom. The molecule has 0 amide bonds. The number of fused-ring (bicyclic) bond motifs is 1. The lowest BCUT2D eigenvalue weighted by Crippen LogP contribution is -2.00. The number of nitrogens with zero attached hydrogens (tertiary/aromatic N) is 4. The fourth-order valence-electron chi connectivity index (χ4n) is 2.18. The van der Waals surface area contributed by atoms with Gasteiger partial charge in [-0.15, -0.1) is 15.3 Å². The predicted molar refractivity (Wildman–Crippen MR) is 91.2 cm³/mol. The molecule has 3 rings (SSSR count). The monoisotopic (exact) mass is 351 g/mol. The molecule has 0 unspecified atom stereocenters. The fraction of sp³-hybridized carbons (Fsp3) is 0.400. The third kappa shape index (κ3) is 4.27. The Bertz CT molecular complexity index is 753. The van der Waals surface area contributed by atoms with Crippen LogP contribution in [0.25, 0.3) is 4.96 Å². The summed E-state index contributed by atoms with van der Waals surface area (Å²) in [6, 6.07) is 6.55. The molecule has 2 heterocycles. The summed E-state index contributed by atoms with van der Waals surface area (Å²) in [5.74, 6) is 1.45. The number of halogens is 1. The first-order valence-electron chi connectivity index (χ1n) is 7.54. The van der Waals surface area contributed by atoms with Gasteiger partial charge in [0.25, 0.3) is 0 Å². The minimum Gasteiger partial charge on any atom is -0.330 e. The molecule has 0 bridgehead atoms. The predicted octanol–water partition coefficient (Wildman–Crippen LogP) is 3.29. The van der Waals surface area contributed by atoms with Gasteiger partial charge in [-0.3, -0.25) is 0 Å². The van der Waals surface area contributed by atoms with E-state index in [0.717, 1.165) is 58.7 Å². The van der Waals surface area contributed by atoms with Gasteiger partial charge in [0.2, 0.25) is 4.96 Å². The van der Waals surface area contributed by atoms with E-state index >= 15 is 0 Å². The Hall–Kier alpha value is -1.51. The van der Waals surface area contributed by atoms with Gasteiger partial charge in [0.05, 0.1) is 0 Å². The van der Waals surface area contributed by atoms with Crippen LogP contribution in [-0.2, 0) is 12.2 Å². The van der Waals surface area contributed by atoms with E-state index in [-0.39, 0.29) is 5.82 Å². The topological polar surface area (TPSA) is 69.1 Å². The summed E-state index contributed by atoms with van der Waals surface area (Å²) in [4.78, 5) is 0.820. The summed E-state index contributed by atoms with van der Waals surface area (Å²) in [6.45, 7) is 0.732. The number of rotatable bonds is 8. The lowest BCUT2D eigenvalue weighted by Gasteiger charge is -1.98. The number of thioether (sulfide) groups is 1. The van der Waals surface area contributed by atoms with Gasteiger partial charge in [0.15, 0.2) is 10.2 Å². The van der Waals surface area contributed by atoms with Crippen LogP contribution in [0.2, 0.25) is 0 Å². The summed E-state index contributed by atoms with van der Waals surface area (Å²) in [5, 5.41) is 13.0. The largest absolute Gasteiger partial charge is 0.330 e. The van der Waals surface area contributed by atoms with Crippen molar-refractivity contribution in [1.29, 1.82) is 0 Å². The Kier molecular flexibility index (Phi) is 5.58. The molecule has 8 heteroatoms. The zero-order valence-corrected chi connectivity index (χ0v) is 14.2. The van der Waals surface area contributed by atoms with Crippen LogP contribution < -0.4 is 5.73 Å². The van der Waals surface area contributed by atoms with Gasteiger partial charge in [-0.25, -0.2) is 4.39 Å². The minimum atomic E-state index is -0.211. The Morgan fingerprint density at radius 3 is 2.74 bits per heavy atom. The number of benzene rings is 1. The van der Waals surface area contributed by atoms with E-state index < -0.39 is 0 Å². The first-order chi connectivity index (χ1) is 11.3. The molecule has 5 nitrogen and oxygen atoms in total. The van der Waals surface area contributed by atoms with Crippen LogP contribution in [0.4, 0.5) is 4.39 Å². The summed E-state index contributed by atoms with van der Waals surface area (Å²) in [7, 11) is 0. The van der Waals surface area contributed by atoms with E-state index in [4.69, 9.17) is 5.73 Å². The summed E-state index contributed by atoms with van der Waals surface area (Å²) in [6.07, 6.45) is 4.06. The second-order valence-electron chi connectivity index (χ2n) is 5.19.